The van der Waals surface area contributed by atoms with Gasteiger partial charge in [-0.15, -0.1) is 0 Å². The minimum absolute atomic E-state index is 0.0692. The predicted molar refractivity (Wildman–Crippen MR) is 96.0 cm³/mol. The molecular weight excluding hydrogens is 361 g/mol. The van der Waals surface area contributed by atoms with Crippen molar-refractivity contribution in [3.8, 4) is 0 Å². The maximum Gasteiger partial charge on any atom is 0.416 e. The molecule has 150 valence electrons. The quantitative estimate of drug-likeness (QED) is 0.835. The van der Waals surface area contributed by atoms with E-state index < -0.39 is 23.8 Å². The molecule has 3 amide bonds. The van der Waals surface area contributed by atoms with Crippen molar-refractivity contribution in [1.82, 2.24) is 9.80 Å². The molecule has 6 nitrogen and oxygen atoms in total. The van der Waals surface area contributed by atoms with E-state index in [0.717, 1.165) is 18.6 Å². The lowest BCUT2D eigenvalue weighted by Gasteiger charge is -2.36. The summed E-state index contributed by atoms with van der Waals surface area (Å²) >= 11 is 0. The number of hydrogen-bond donors (Lipinski definition) is 2. The largest absolute Gasteiger partial charge is 0.416 e. The summed E-state index contributed by atoms with van der Waals surface area (Å²) in [6, 6.07) is 3.42. The van der Waals surface area contributed by atoms with Crippen molar-refractivity contribution in [3.63, 3.8) is 0 Å². The van der Waals surface area contributed by atoms with Gasteiger partial charge in [-0.05, 0) is 24.1 Å². The minimum atomic E-state index is -4.47. The van der Waals surface area contributed by atoms with E-state index in [9.17, 15) is 22.8 Å². The molecule has 1 fully saturated rings. The van der Waals surface area contributed by atoms with Crippen LogP contribution >= 0.6 is 0 Å². The summed E-state index contributed by atoms with van der Waals surface area (Å²) in [6.07, 6.45) is -3.67. The first-order valence-corrected chi connectivity index (χ1v) is 8.91. The van der Waals surface area contributed by atoms with E-state index in [1.54, 1.807) is 4.90 Å². The minimum Gasteiger partial charge on any atom is -0.338 e. The van der Waals surface area contributed by atoms with Gasteiger partial charge in [0.15, 0.2) is 0 Å². The number of benzene rings is 1. The topological polar surface area (TPSA) is 78.7 Å². The number of hydrogen-bond acceptors (Lipinski definition) is 3. The molecule has 1 heterocycles. The lowest BCUT2D eigenvalue weighted by molar-refractivity contribution is -0.137. The van der Waals surface area contributed by atoms with Gasteiger partial charge in [-0.3, -0.25) is 4.79 Å². The highest BCUT2D eigenvalue weighted by atomic mass is 19.4. The number of alkyl halides is 3. The van der Waals surface area contributed by atoms with Crippen LogP contribution in [0.5, 0.6) is 0 Å². The first-order valence-electron chi connectivity index (χ1n) is 8.91. The van der Waals surface area contributed by atoms with Crippen LogP contribution in [-0.4, -0.2) is 54.0 Å². The van der Waals surface area contributed by atoms with Gasteiger partial charge in [0, 0.05) is 31.9 Å². The number of nitrogens with two attached hydrogens (primary N) is 1. The Balaban J connectivity index is 1.91. The van der Waals surface area contributed by atoms with Gasteiger partial charge in [0.2, 0.25) is 5.91 Å². The van der Waals surface area contributed by atoms with Crippen LogP contribution in [0.15, 0.2) is 24.3 Å². The van der Waals surface area contributed by atoms with Crippen LogP contribution in [0.1, 0.15) is 25.8 Å². The zero-order chi connectivity index (χ0) is 20.2. The number of rotatable bonds is 4. The zero-order valence-corrected chi connectivity index (χ0v) is 15.4. The van der Waals surface area contributed by atoms with Crippen LogP contribution in [0.4, 0.5) is 23.7 Å². The Bertz CT molecular complexity index is 673. The van der Waals surface area contributed by atoms with Gasteiger partial charge in [-0.1, -0.05) is 26.3 Å². The Labute approximate surface area is 156 Å². The van der Waals surface area contributed by atoms with Crippen LogP contribution in [0.25, 0.3) is 0 Å². The monoisotopic (exact) mass is 386 g/mol. The summed E-state index contributed by atoms with van der Waals surface area (Å²) in [6.45, 7) is 5.17. The number of amides is 3. The Kier molecular flexibility index (Phi) is 6.69. The van der Waals surface area contributed by atoms with E-state index in [0.29, 0.717) is 26.2 Å². The highest BCUT2D eigenvalue weighted by Crippen LogP contribution is 2.30. The van der Waals surface area contributed by atoms with Crippen molar-refractivity contribution in [2.24, 2.45) is 11.7 Å². The van der Waals surface area contributed by atoms with Gasteiger partial charge in [0.05, 0.1) is 11.6 Å². The van der Waals surface area contributed by atoms with E-state index in [1.807, 2.05) is 13.8 Å². The maximum atomic E-state index is 12.8. The molecule has 1 aliphatic rings. The molecule has 0 spiro atoms. The van der Waals surface area contributed by atoms with Crippen molar-refractivity contribution in [1.29, 1.82) is 0 Å². The average molecular weight is 386 g/mol. The summed E-state index contributed by atoms with van der Waals surface area (Å²) in [5.74, 6) is -0.0676. The van der Waals surface area contributed by atoms with Crippen molar-refractivity contribution in [2.45, 2.75) is 32.5 Å². The van der Waals surface area contributed by atoms with Gasteiger partial charge in [0.25, 0.3) is 0 Å². The summed E-state index contributed by atoms with van der Waals surface area (Å²) in [7, 11) is 0. The zero-order valence-electron chi connectivity index (χ0n) is 15.4. The smallest absolute Gasteiger partial charge is 0.338 e. The second-order valence-electron chi connectivity index (χ2n) is 6.73. The summed E-state index contributed by atoms with van der Waals surface area (Å²) in [4.78, 5) is 27.8. The highest BCUT2D eigenvalue weighted by Gasteiger charge is 2.31. The second kappa shape index (κ2) is 8.60. The van der Waals surface area contributed by atoms with Gasteiger partial charge >= 0.3 is 12.2 Å². The maximum absolute atomic E-state index is 12.8. The molecule has 1 aromatic carbocycles. The van der Waals surface area contributed by atoms with Gasteiger partial charge in [-0.2, -0.15) is 13.2 Å². The van der Waals surface area contributed by atoms with Gasteiger partial charge in [-0.25, -0.2) is 4.79 Å². The molecule has 2 unspecified atom stereocenters. The summed E-state index contributed by atoms with van der Waals surface area (Å²) in [5.41, 5.74) is 5.22. The second-order valence-corrected chi connectivity index (χ2v) is 6.73. The van der Waals surface area contributed by atoms with Crippen LogP contribution in [0.2, 0.25) is 0 Å². The number of piperazine rings is 1. The van der Waals surface area contributed by atoms with Crippen LogP contribution in [-0.2, 0) is 11.0 Å². The molecule has 1 aromatic rings. The van der Waals surface area contributed by atoms with E-state index in [2.05, 4.69) is 5.32 Å². The molecular formula is C18H25F3N4O2. The molecule has 27 heavy (non-hydrogen) atoms. The Morgan fingerprint density at radius 1 is 1.19 bits per heavy atom. The number of nitrogens with one attached hydrogen (secondary N) is 1. The van der Waals surface area contributed by atoms with Gasteiger partial charge < -0.3 is 20.9 Å². The Morgan fingerprint density at radius 2 is 1.78 bits per heavy atom. The molecule has 0 saturated carbocycles. The molecule has 9 heteroatoms. The van der Waals surface area contributed by atoms with Crippen molar-refractivity contribution in [3.05, 3.63) is 29.8 Å². The number of halogens is 3. The summed E-state index contributed by atoms with van der Waals surface area (Å²) < 4.78 is 38.3. The normalized spacial score (nSPS) is 17.4. The third-order valence-corrected chi connectivity index (χ3v) is 4.86. The average Bonchev–Trinajstić information content (AvgIpc) is 2.65. The van der Waals surface area contributed by atoms with Crippen molar-refractivity contribution in [2.75, 3.05) is 31.5 Å². The van der Waals surface area contributed by atoms with Crippen molar-refractivity contribution < 1.29 is 22.8 Å². The number of anilines is 1. The number of carbonyl (C=O) groups excluding carboxylic acids is 2. The molecule has 0 radical (unpaired) electrons. The predicted octanol–water partition coefficient (Wildman–Crippen LogP) is 2.75. The number of carbonyl (C=O) groups is 2. The van der Waals surface area contributed by atoms with E-state index in [1.165, 1.54) is 17.0 Å². The lowest BCUT2D eigenvalue weighted by atomic mass is 9.98. The standard InChI is InChI=1S/C18H25F3N4O2/c1-3-12(2)15(22)16(26)24-7-9-25(10-8-24)17(27)23-14-6-4-5-13(11-14)18(19,20)21/h4-6,11-12,15H,3,7-10,22H2,1-2H3,(H,23,27). The van der Waals surface area contributed by atoms with E-state index in [4.69, 9.17) is 5.73 Å². The first-order chi connectivity index (χ1) is 12.6. The van der Waals surface area contributed by atoms with Crippen molar-refractivity contribution >= 4 is 17.6 Å². The SMILES string of the molecule is CCC(C)C(N)C(=O)N1CCN(C(=O)Nc2cccc(C(F)(F)F)c2)CC1. The molecule has 2 atom stereocenters. The highest BCUT2D eigenvalue weighted by molar-refractivity contribution is 5.89. The van der Waals surface area contributed by atoms with Crippen LogP contribution in [0.3, 0.4) is 0 Å². The molecule has 1 saturated heterocycles. The van der Waals surface area contributed by atoms with Crippen LogP contribution < -0.4 is 11.1 Å². The van der Waals surface area contributed by atoms with Crippen LogP contribution in [0, 0.1) is 5.92 Å². The van der Waals surface area contributed by atoms with E-state index >= 15 is 0 Å². The molecule has 3 N–H and O–H groups in total. The summed E-state index contributed by atoms with van der Waals surface area (Å²) in [5, 5.41) is 2.48. The molecule has 1 aliphatic heterocycles. The lowest BCUT2D eigenvalue weighted by Crippen LogP contribution is -2.56. The number of nitrogens with zero attached hydrogens (tertiary/aromatic N) is 2. The molecule has 0 bridgehead atoms. The Hall–Kier alpha value is -2.29. The first kappa shape index (κ1) is 21.0. The fraction of sp³-hybridized carbons (Fsp3) is 0.556. The third-order valence-electron chi connectivity index (χ3n) is 4.86. The van der Waals surface area contributed by atoms with E-state index in [-0.39, 0.29) is 17.5 Å². The fourth-order valence-corrected chi connectivity index (χ4v) is 2.81. The molecule has 2 rings (SSSR count). The fourth-order valence-electron chi connectivity index (χ4n) is 2.81. The third kappa shape index (κ3) is 5.35. The molecule has 0 aliphatic carbocycles. The number of urea groups is 1. The molecule has 0 aromatic heterocycles. The Morgan fingerprint density at radius 3 is 2.33 bits per heavy atom. The van der Waals surface area contributed by atoms with Gasteiger partial charge in [0.1, 0.15) is 0 Å².